The maximum atomic E-state index is 9.81. The Morgan fingerprint density at radius 3 is 2.44 bits per heavy atom. The second-order valence-electron chi connectivity index (χ2n) is 4.94. The zero-order valence-electron chi connectivity index (χ0n) is 11.5. The van der Waals surface area contributed by atoms with Crippen molar-refractivity contribution in [2.45, 2.75) is 38.7 Å². The Balaban J connectivity index is 2.12. The predicted molar refractivity (Wildman–Crippen MR) is 78.9 cm³/mol. The minimum Gasteiger partial charge on any atom is -0.390 e. The van der Waals surface area contributed by atoms with Gasteiger partial charge in [-0.25, -0.2) is 0 Å². The molecule has 18 heavy (non-hydrogen) atoms. The first-order valence-electron chi connectivity index (χ1n) is 6.51. The SMILES string of the molecule is CC(C)C(C)SCC(O)COCc1ccccc1. The van der Waals surface area contributed by atoms with Crippen molar-refractivity contribution in [2.24, 2.45) is 5.92 Å². The number of hydrogen-bond acceptors (Lipinski definition) is 3. The van der Waals surface area contributed by atoms with Gasteiger partial charge < -0.3 is 9.84 Å². The molecular formula is C15H24O2S. The van der Waals surface area contributed by atoms with E-state index < -0.39 is 0 Å². The number of benzene rings is 1. The molecule has 1 N–H and O–H groups in total. The van der Waals surface area contributed by atoms with Gasteiger partial charge in [-0.05, 0) is 11.5 Å². The third-order valence-electron chi connectivity index (χ3n) is 2.91. The van der Waals surface area contributed by atoms with E-state index in [2.05, 4.69) is 20.8 Å². The maximum absolute atomic E-state index is 9.81. The average molecular weight is 268 g/mol. The van der Waals surface area contributed by atoms with Crippen LogP contribution >= 0.6 is 11.8 Å². The molecule has 0 radical (unpaired) electrons. The zero-order chi connectivity index (χ0) is 13.4. The van der Waals surface area contributed by atoms with Crippen molar-refractivity contribution in [3.05, 3.63) is 35.9 Å². The highest BCUT2D eigenvalue weighted by Crippen LogP contribution is 2.19. The van der Waals surface area contributed by atoms with Crippen LogP contribution in [-0.4, -0.2) is 28.8 Å². The highest BCUT2D eigenvalue weighted by molar-refractivity contribution is 7.99. The summed E-state index contributed by atoms with van der Waals surface area (Å²) >= 11 is 1.81. The molecule has 1 aromatic rings. The summed E-state index contributed by atoms with van der Waals surface area (Å²) in [5.74, 6) is 1.39. The molecule has 2 unspecified atom stereocenters. The lowest BCUT2D eigenvalue weighted by Crippen LogP contribution is -2.20. The molecule has 0 fully saturated rings. The molecule has 1 rings (SSSR count). The average Bonchev–Trinajstić information content (AvgIpc) is 2.37. The first kappa shape index (κ1) is 15.5. The van der Waals surface area contributed by atoms with E-state index in [1.807, 2.05) is 42.1 Å². The topological polar surface area (TPSA) is 29.5 Å². The van der Waals surface area contributed by atoms with Crippen LogP contribution in [-0.2, 0) is 11.3 Å². The van der Waals surface area contributed by atoms with Crippen LogP contribution in [0.3, 0.4) is 0 Å². The van der Waals surface area contributed by atoms with Crippen molar-refractivity contribution in [2.75, 3.05) is 12.4 Å². The molecule has 2 atom stereocenters. The van der Waals surface area contributed by atoms with E-state index in [4.69, 9.17) is 4.74 Å². The van der Waals surface area contributed by atoms with Crippen molar-refractivity contribution < 1.29 is 9.84 Å². The summed E-state index contributed by atoms with van der Waals surface area (Å²) in [6.07, 6.45) is -0.375. The molecule has 1 aromatic carbocycles. The molecule has 0 aliphatic heterocycles. The van der Waals surface area contributed by atoms with Crippen molar-refractivity contribution in [1.82, 2.24) is 0 Å². The molecule has 0 aliphatic carbocycles. The summed E-state index contributed by atoms with van der Waals surface area (Å²) in [6, 6.07) is 10.0. The summed E-state index contributed by atoms with van der Waals surface area (Å²) in [7, 11) is 0. The van der Waals surface area contributed by atoms with Crippen molar-refractivity contribution >= 4 is 11.8 Å². The number of thioether (sulfide) groups is 1. The molecular weight excluding hydrogens is 244 g/mol. The van der Waals surface area contributed by atoms with Crippen LogP contribution < -0.4 is 0 Å². The molecule has 0 heterocycles. The van der Waals surface area contributed by atoms with Crippen molar-refractivity contribution in [3.8, 4) is 0 Å². The normalized spacial score (nSPS) is 14.7. The van der Waals surface area contributed by atoms with E-state index in [-0.39, 0.29) is 6.10 Å². The molecule has 0 aliphatic rings. The predicted octanol–water partition coefficient (Wildman–Crippen LogP) is 3.34. The fraction of sp³-hybridized carbons (Fsp3) is 0.600. The van der Waals surface area contributed by atoms with Gasteiger partial charge in [0.25, 0.3) is 0 Å². The van der Waals surface area contributed by atoms with Crippen LogP contribution in [0.4, 0.5) is 0 Å². The van der Waals surface area contributed by atoms with Crippen LogP contribution in [0.5, 0.6) is 0 Å². The minimum atomic E-state index is -0.375. The van der Waals surface area contributed by atoms with Crippen LogP contribution in [0.1, 0.15) is 26.3 Å². The van der Waals surface area contributed by atoms with Gasteiger partial charge in [0.1, 0.15) is 0 Å². The number of ether oxygens (including phenoxy) is 1. The third-order valence-corrected chi connectivity index (χ3v) is 4.56. The van der Waals surface area contributed by atoms with Gasteiger partial charge in [0.15, 0.2) is 0 Å². The molecule has 2 nitrogen and oxygen atoms in total. The Morgan fingerprint density at radius 1 is 1.17 bits per heavy atom. The van der Waals surface area contributed by atoms with E-state index >= 15 is 0 Å². The summed E-state index contributed by atoms with van der Waals surface area (Å²) < 4.78 is 5.51. The van der Waals surface area contributed by atoms with Gasteiger partial charge in [-0.3, -0.25) is 0 Å². The van der Waals surface area contributed by atoms with Gasteiger partial charge in [-0.15, -0.1) is 0 Å². The lowest BCUT2D eigenvalue weighted by atomic mass is 10.2. The zero-order valence-corrected chi connectivity index (χ0v) is 12.3. The Labute approximate surface area is 115 Å². The van der Waals surface area contributed by atoms with E-state index in [1.54, 1.807) is 0 Å². The fourth-order valence-electron chi connectivity index (χ4n) is 1.39. The van der Waals surface area contributed by atoms with Gasteiger partial charge in [-0.1, -0.05) is 51.1 Å². The van der Waals surface area contributed by atoms with Gasteiger partial charge in [0.2, 0.25) is 0 Å². The van der Waals surface area contributed by atoms with Crippen LogP contribution in [0.15, 0.2) is 30.3 Å². The van der Waals surface area contributed by atoms with Crippen molar-refractivity contribution in [3.63, 3.8) is 0 Å². The fourth-order valence-corrected chi connectivity index (χ4v) is 2.40. The summed E-state index contributed by atoms with van der Waals surface area (Å²) in [5, 5.41) is 10.4. The first-order valence-corrected chi connectivity index (χ1v) is 7.55. The monoisotopic (exact) mass is 268 g/mol. The highest BCUT2D eigenvalue weighted by atomic mass is 32.2. The molecule has 0 aromatic heterocycles. The standard InChI is InChI=1S/C15H24O2S/c1-12(2)13(3)18-11-15(16)10-17-9-14-7-5-4-6-8-14/h4-8,12-13,15-16H,9-11H2,1-3H3. The summed E-state index contributed by atoms with van der Waals surface area (Å²) in [5.41, 5.74) is 1.15. The molecule has 3 heteroatoms. The Morgan fingerprint density at radius 2 is 1.83 bits per heavy atom. The third kappa shape index (κ3) is 6.43. The smallest absolute Gasteiger partial charge is 0.0864 e. The highest BCUT2D eigenvalue weighted by Gasteiger charge is 2.11. The second-order valence-corrected chi connectivity index (χ2v) is 6.35. The molecule has 0 spiro atoms. The summed E-state index contributed by atoms with van der Waals surface area (Å²) in [6.45, 7) is 7.59. The number of hydrogen-bond donors (Lipinski definition) is 1. The summed E-state index contributed by atoms with van der Waals surface area (Å²) in [4.78, 5) is 0. The minimum absolute atomic E-state index is 0.375. The van der Waals surface area contributed by atoms with Gasteiger partial charge in [-0.2, -0.15) is 11.8 Å². The second kappa shape index (κ2) is 8.57. The number of rotatable bonds is 8. The lowest BCUT2D eigenvalue weighted by Gasteiger charge is -2.17. The quantitative estimate of drug-likeness (QED) is 0.784. The molecule has 0 saturated carbocycles. The van der Waals surface area contributed by atoms with Crippen LogP contribution in [0.2, 0.25) is 0 Å². The van der Waals surface area contributed by atoms with Gasteiger partial charge >= 0.3 is 0 Å². The van der Waals surface area contributed by atoms with E-state index in [9.17, 15) is 5.11 Å². The van der Waals surface area contributed by atoms with Gasteiger partial charge in [0.05, 0.1) is 19.3 Å². The van der Waals surface area contributed by atoms with E-state index in [1.165, 1.54) is 0 Å². The number of aliphatic hydroxyl groups excluding tert-OH is 1. The molecule has 0 saturated heterocycles. The molecule has 0 bridgehead atoms. The first-order chi connectivity index (χ1) is 8.59. The Hall–Kier alpha value is -0.510. The largest absolute Gasteiger partial charge is 0.390 e. The van der Waals surface area contributed by atoms with Gasteiger partial charge in [0, 0.05) is 11.0 Å². The van der Waals surface area contributed by atoms with E-state index in [0.29, 0.717) is 24.4 Å². The van der Waals surface area contributed by atoms with Crippen LogP contribution in [0.25, 0.3) is 0 Å². The number of aliphatic hydroxyl groups is 1. The lowest BCUT2D eigenvalue weighted by molar-refractivity contribution is 0.0397. The maximum Gasteiger partial charge on any atom is 0.0864 e. The molecule has 0 amide bonds. The van der Waals surface area contributed by atoms with Crippen molar-refractivity contribution in [1.29, 1.82) is 0 Å². The Bertz CT molecular complexity index is 314. The Kier molecular flexibility index (Phi) is 7.40. The van der Waals surface area contributed by atoms with Crippen LogP contribution in [0, 0.1) is 5.92 Å². The van der Waals surface area contributed by atoms with E-state index in [0.717, 1.165) is 11.3 Å². The molecule has 102 valence electrons.